The minimum atomic E-state index is -0.863. The van der Waals surface area contributed by atoms with Crippen LogP contribution in [0.4, 0.5) is 11.4 Å². The van der Waals surface area contributed by atoms with Crippen LogP contribution in [-0.2, 0) is 14.4 Å². The Morgan fingerprint density at radius 2 is 1.52 bits per heavy atom. The fraction of sp³-hybridized carbons (Fsp3) is 0.200. The van der Waals surface area contributed by atoms with Gasteiger partial charge in [0.05, 0.1) is 17.4 Å². The molecule has 2 aliphatic rings. The van der Waals surface area contributed by atoms with E-state index in [1.165, 1.54) is 4.90 Å². The number of benzene rings is 3. The van der Waals surface area contributed by atoms with Crippen molar-refractivity contribution in [2.24, 2.45) is 5.92 Å². The van der Waals surface area contributed by atoms with Crippen LogP contribution >= 0.6 is 15.9 Å². The lowest BCUT2D eigenvalue weighted by Gasteiger charge is -2.29. The first kappa shape index (κ1) is 20.0. The minimum Gasteiger partial charge on any atom is -0.273 e. The van der Waals surface area contributed by atoms with E-state index in [0.717, 1.165) is 26.9 Å². The fourth-order valence-electron chi connectivity index (χ4n) is 4.58. The zero-order valence-corrected chi connectivity index (χ0v) is 18.7. The van der Waals surface area contributed by atoms with E-state index in [1.807, 2.05) is 86.6 Å². The summed E-state index contributed by atoms with van der Waals surface area (Å²) in [4.78, 5) is 34.5. The highest BCUT2D eigenvalue weighted by atomic mass is 79.9. The summed E-state index contributed by atoms with van der Waals surface area (Å²) in [6.07, 6.45) is -0.863. The molecule has 0 spiro atoms. The number of imide groups is 1. The van der Waals surface area contributed by atoms with Gasteiger partial charge in [-0.15, -0.1) is 0 Å². The number of halogens is 1. The van der Waals surface area contributed by atoms with E-state index in [4.69, 9.17) is 4.84 Å². The summed E-state index contributed by atoms with van der Waals surface area (Å²) in [6.45, 7) is 3.92. The van der Waals surface area contributed by atoms with Crippen LogP contribution in [0.3, 0.4) is 0 Å². The molecule has 0 aliphatic carbocycles. The molecule has 6 heteroatoms. The van der Waals surface area contributed by atoms with Crippen molar-refractivity contribution in [1.82, 2.24) is 0 Å². The molecule has 2 fully saturated rings. The Kier molecular flexibility index (Phi) is 4.91. The van der Waals surface area contributed by atoms with Crippen LogP contribution in [0.15, 0.2) is 77.3 Å². The van der Waals surface area contributed by atoms with Gasteiger partial charge in [-0.25, -0.2) is 9.96 Å². The van der Waals surface area contributed by atoms with Crippen molar-refractivity contribution in [2.45, 2.75) is 26.0 Å². The number of hydrogen-bond donors (Lipinski definition) is 0. The van der Waals surface area contributed by atoms with Crippen LogP contribution in [-0.4, -0.2) is 17.9 Å². The van der Waals surface area contributed by atoms with E-state index in [1.54, 1.807) is 5.06 Å². The molecule has 0 aromatic heterocycles. The van der Waals surface area contributed by atoms with Crippen LogP contribution in [0.25, 0.3) is 0 Å². The first-order chi connectivity index (χ1) is 14.9. The molecule has 5 rings (SSSR count). The Labute approximate surface area is 189 Å². The highest BCUT2D eigenvalue weighted by molar-refractivity contribution is 9.10. The van der Waals surface area contributed by atoms with Gasteiger partial charge in [0.25, 0.3) is 5.91 Å². The fourth-order valence-corrected chi connectivity index (χ4v) is 4.99. The van der Waals surface area contributed by atoms with Crippen molar-refractivity contribution < 1.29 is 14.4 Å². The number of carbonyl (C=O) groups is 2. The van der Waals surface area contributed by atoms with Gasteiger partial charge in [0, 0.05) is 4.47 Å². The molecule has 0 radical (unpaired) electrons. The average molecular weight is 477 g/mol. The highest BCUT2D eigenvalue weighted by Gasteiger charge is 2.60. The molecule has 5 nitrogen and oxygen atoms in total. The number of amides is 2. The van der Waals surface area contributed by atoms with Crippen LogP contribution in [0.5, 0.6) is 0 Å². The van der Waals surface area contributed by atoms with Crippen LogP contribution in [0.1, 0.15) is 22.7 Å². The third kappa shape index (κ3) is 3.36. The second-order valence-electron chi connectivity index (χ2n) is 8.07. The van der Waals surface area contributed by atoms with Crippen LogP contribution < -0.4 is 9.96 Å². The van der Waals surface area contributed by atoms with Gasteiger partial charge in [-0.1, -0.05) is 52.3 Å². The Morgan fingerprint density at radius 1 is 0.806 bits per heavy atom. The van der Waals surface area contributed by atoms with Gasteiger partial charge in [0.1, 0.15) is 5.92 Å². The van der Waals surface area contributed by atoms with Gasteiger partial charge in [0.15, 0.2) is 6.10 Å². The third-order valence-corrected chi connectivity index (χ3v) is 6.27. The first-order valence-electron chi connectivity index (χ1n) is 10.2. The minimum absolute atomic E-state index is 0.233. The van der Waals surface area contributed by atoms with E-state index in [9.17, 15) is 9.59 Å². The zero-order chi connectivity index (χ0) is 21.7. The average Bonchev–Trinajstić information content (AvgIpc) is 3.24. The summed E-state index contributed by atoms with van der Waals surface area (Å²) in [5.74, 6) is -1.19. The van der Waals surface area contributed by atoms with E-state index >= 15 is 0 Å². The SMILES string of the molecule is Cc1cc(C)cc(N2C(=O)[C@H]3[C@H](ON(c4ccccc4)[C@@H]3c3cccc(Br)c3)C2=O)c1. The molecule has 3 aromatic rings. The van der Waals surface area contributed by atoms with Gasteiger partial charge >= 0.3 is 0 Å². The van der Waals surface area contributed by atoms with E-state index in [2.05, 4.69) is 15.9 Å². The van der Waals surface area contributed by atoms with Gasteiger partial charge in [-0.2, -0.15) is 0 Å². The summed E-state index contributed by atoms with van der Waals surface area (Å²) in [5, 5.41) is 1.71. The number of hydroxylamine groups is 1. The van der Waals surface area contributed by atoms with Gasteiger partial charge in [-0.05, 0) is 66.9 Å². The summed E-state index contributed by atoms with van der Waals surface area (Å²) in [7, 11) is 0. The third-order valence-electron chi connectivity index (χ3n) is 5.78. The first-order valence-corrected chi connectivity index (χ1v) is 11.0. The lowest BCUT2D eigenvalue weighted by molar-refractivity contribution is -0.126. The number of nitrogens with zero attached hydrogens (tertiary/aromatic N) is 2. The number of fused-ring (bicyclic) bond motifs is 1. The molecule has 156 valence electrons. The predicted octanol–water partition coefficient (Wildman–Crippen LogP) is 5.12. The molecule has 2 aliphatic heterocycles. The molecule has 0 N–H and O–H groups in total. The summed E-state index contributed by atoms with van der Waals surface area (Å²) in [6, 6.07) is 22.7. The molecule has 0 bridgehead atoms. The van der Waals surface area contributed by atoms with Crippen molar-refractivity contribution in [3.05, 3.63) is 94.0 Å². The Hall–Kier alpha value is -2.96. The largest absolute Gasteiger partial charge is 0.273 e. The van der Waals surface area contributed by atoms with Crippen LogP contribution in [0.2, 0.25) is 0 Å². The number of para-hydroxylation sites is 1. The summed E-state index contributed by atoms with van der Waals surface area (Å²) in [5.41, 5.74) is 4.32. The number of anilines is 2. The molecule has 2 heterocycles. The number of hydrogen-bond acceptors (Lipinski definition) is 4. The molecule has 3 aromatic carbocycles. The molecule has 31 heavy (non-hydrogen) atoms. The van der Waals surface area contributed by atoms with Crippen molar-refractivity contribution in [3.63, 3.8) is 0 Å². The van der Waals surface area contributed by atoms with Crippen LogP contribution in [0, 0.1) is 19.8 Å². The number of aryl methyl sites for hydroxylation is 2. The lowest BCUT2D eigenvalue weighted by Crippen LogP contribution is -2.37. The predicted molar refractivity (Wildman–Crippen MR) is 123 cm³/mol. The van der Waals surface area contributed by atoms with Crippen molar-refractivity contribution >= 4 is 39.1 Å². The second-order valence-corrected chi connectivity index (χ2v) is 8.99. The van der Waals surface area contributed by atoms with Gasteiger partial charge < -0.3 is 0 Å². The van der Waals surface area contributed by atoms with Crippen molar-refractivity contribution in [2.75, 3.05) is 9.96 Å². The molecule has 3 atom stereocenters. The normalized spacial score (nSPS) is 22.9. The van der Waals surface area contributed by atoms with Crippen molar-refractivity contribution in [1.29, 1.82) is 0 Å². The molecule has 2 amide bonds. The maximum atomic E-state index is 13.7. The standard InChI is InChI=1S/C25H21BrN2O3/c1-15-11-16(2)13-20(12-15)27-24(29)21-22(17-7-6-8-18(26)14-17)28(31-23(21)25(27)30)19-9-4-3-5-10-19/h3-14,21-23H,1-2H3/t21-,22-,23+/m1/s1. The Bertz CT molecular complexity index is 1160. The Morgan fingerprint density at radius 3 is 2.19 bits per heavy atom. The zero-order valence-electron chi connectivity index (χ0n) is 17.2. The molecular formula is C25H21BrN2O3. The Balaban J connectivity index is 1.60. The lowest BCUT2D eigenvalue weighted by atomic mass is 9.90. The number of carbonyl (C=O) groups excluding carboxylic acids is 2. The number of rotatable bonds is 3. The van der Waals surface area contributed by atoms with E-state index in [0.29, 0.717) is 5.69 Å². The van der Waals surface area contributed by atoms with Gasteiger partial charge in [0.2, 0.25) is 5.91 Å². The quantitative estimate of drug-likeness (QED) is 0.492. The molecule has 0 unspecified atom stereocenters. The maximum absolute atomic E-state index is 13.7. The molecule has 0 saturated carbocycles. The van der Waals surface area contributed by atoms with E-state index < -0.39 is 18.1 Å². The van der Waals surface area contributed by atoms with Crippen molar-refractivity contribution in [3.8, 4) is 0 Å². The second kappa shape index (κ2) is 7.62. The summed E-state index contributed by atoms with van der Waals surface area (Å²) < 4.78 is 0.907. The molecule has 2 saturated heterocycles. The smallest absolute Gasteiger partial charge is 0.266 e. The van der Waals surface area contributed by atoms with E-state index in [-0.39, 0.29) is 11.8 Å². The monoisotopic (exact) mass is 476 g/mol. The summed E-state index contributed by atoms with van der Waals surface area (Å²) >= 11 is 3.53. The van der Waals surface area contributed by atoms with Gasteiger partial charge in [-0.3, -0.25) is 14.4 Å². The maximum Gasteiger partial charge on any atom is 0.266 e. The topological polar surface area (TPSA) is 49.9 Å². The molecular weight excluding hydrogens is 456 g/mol. The highest BCUT2D eigenvalue weighted by Crippen LogP contribution is 2.47.